The van der Waals surface area contributed by atoms with Crippen LogP contribution >= 0.6 is 0 Å². The first-order chi connectivity index (χ1) is 13.3. The highest BCUT2D eigenvalue weighted by Crippen LogP contribution is 2.15. The number of ether oxygens (including phenoxy) is 2. The number of ketones is 1. The molecule has 0 unspecified atom stereocenters. The van der Waals surface area contributed by atoms with Gasteiger partial charge >= 0.3 is 5.97 Å². The van der Waals surface area contributed by atoms with Crippen molar-refractivity contribution in [2.75, 3.05) is 11.9 Å². The van der Waals surface area contributed by atoms with Gasteiger partial charge in [0.25, 0.3) is 5.91 Å². The van der Waals surface area contributed by atoms with E-state index in [1.54, 1.807) is 48.5 Å². The molecule has 0 aliphatic heterocycles. The third kappa shape index (κ3) is 6.23. The molecule has 0 saturated heterocycles. The average molecular weight is 383 g/mol. The zero-order valence-corrected chi connectivity index (χ0v) is 16.5. The quantitative estimate of drug-likeness (QED) is 0.548. The number of nitrogens with one attached hydrogen (secondary N) is 1. The Kier molecular flexibility index (Phi) is 7.32. The van der Waals surface area contributed by atoms with Gasteiger partial charge < -0.3 is 14.8 Å². The number of Topliss-reactive ketones (excluding diaryl/α,β-unsaturated/α-hetero) is 1. The van der Waals surface area contributed by atoms with Gasteiger partial charge in [-0.05, 0) is 56.2 Å². The number of hydrogen-bond acceptors (Lipinski definition) is 5. The Morgan fingerprint density at radius 1 is 0.964 bits per heavy atom. The maximum Gasteiger partial charge on any atom is 0.338 e. The van der Waals surface area contributed by atoms with Crippen molar-refractivity contribution in [2.24, 2.45) is 5.92 Å². The zero-order valence-electron chi connectivity index (χ0n) is 16.5. The third-order valence-electron chi connectivity index (χ3n) is 3.86. The van der Waals surface area contributed by atoms with Crippen molar-refractivity contribution in [2.45, 2.75) is 33.8 Å². The first kappa shape index (κ1) is 21.2. The number of benzene rings is 2. The summed E-state index contributed by atoms with van der Waals surface area (Å²) in [5.74, 6) is -0.112. The molecule has 0 spiro atoms. The van der Waals surface area contributed by atoms with Gasteiger partial charge in [-0.2, -0.15) is 0 Å². The van der Waals surface area contributed by atoms with E-state index in [-0.39, 0.29) is 5.78 Å². The van der Waals surface area contributed by atoms with E-state index in [0.717, 1.165) is 0 Å². The van der Waals surface area contributed by atoms with Crippen LogP contribution in [0, 0.1) is 5.92 Å². The second-order valence-corrected chi connectivity index (χ2v) is 6.90. The summed E-state index contributed by atoms with van der Waals surface area (Å²) in [5, 5.41) is 2.64. The van der Waals surface area contributed by atoms with Crippen LogP contribution in [-0.4, -0.2) is 30.4 Å². The van der Waals surface area contributed by atoms with Gasteiger partial charge in [-0.1, -0.05) is 26.0 Å². The molecule has 0 radical (unpaired) electrons. The molecule has 0 aromatic heterocycles. The Balaban J connectivity index is 1.93. The van der Waals surface area contributed by atoms with Crippen molar-refractivity contribution in [3.05, 3.63) is 59.7 Å². The molecular formula is C22H25NO5. The van der Waals surface area contributed by atoms with Gasteiger partial charge in [0.1, 0.15) is 5.75 Å². The highest BCUT2D eigenvalue weighted by molar-refractivity contribution is 5.99. The summed E-state index contributed by atoms with van der Waals surface area (Å²) in [4.78, 5) is 35.9. The lowest BCUT2D eigenvalue weighted by atomic mass is 10.1. The molecule has 148 valence electrons. The van der Waals surface area contributed by atoms with E-state index < -0.39 is 18.0 Å². The van der Waals surface area contributed by atoms with E-state index in [1.807, 2.05) is 0 Å². The lowest BCUT2D eigenvalue weighted by molar-refractivity contribution is -0.123. The minimum Gasteiger partial charge on any atom is -0.493 e. The van der Waals surface area contributed by atoms with E-state index in [4.69, 9.17) is 9.47 Å². The Hall–Kier alpha value is -3.15. The van der Waals surface area contributed by atoms with Gasteiger partial charge in [0, 0.05) is 11.3 Å². The zero-order chi connectivity index (χ0) is 20.7. The molecule has 0 heterocycles. The molecule has 0 aliphatic carbocycles. The van der Waals surface area contributed by atoms with E-state index >= 15 is 0 Å². The van der Waals surface area contributed by atoms with Crippen LogP contribution in [0.4, 0.5) is 5.69 Å². The molecule has 1 amide bonds. The second-order valence-electron chi connectivity index (χ2n) is 6.90. The van der Waals surface area contributed by atoms with E-state index in [0.29, 0.717) is 35.1 Å². The molecule has 0 aliphatic rings. The number of anilines is 1. The topological polar surface area (TPSA) is 81.7 Å². The first-order valence-electron chi connectivity index (χ1n) is 9.12. The Bertz CT molecular complexity index is 842. The van der Waals surface area contributed by atoms with E-state index in [1.165, 1.54) is 13.8 Å². The summed E-state index contributed by atoms with van der Waals surface area (Å²) >= 11 is 0. The first-order valence-corrected chi connectivity index (χ1v) is 9.12. The molecular weight excluding hydrogens is 358 g/mol. The van der Waals surface area contributed by atoms with Crippen molar-refractivity contribution in [3.8, 4) is 5.75 Å². The lowest BCUT2D eigenvalue weighted by Gasteiger charge is -2.14. The number of carbonyl (C=O) groups is 3. The van der Waals surface area contributed by atoms with Crippen molar-refractivity contribution in [1.29, 1.82) is 0 Å². The lowest BCUT2D eigenvalue weighted by Crippen LogP contribution is -2.30. The number of rotatable bonds is 8. The summed E-state index contributed by atoms with van der Waals surface area (Å²) in [7, 11) is 0. The SMILES string of the molecule is CC(=O)c1cccc(NC(=O)[C@@H](C)OC(=O)c2ccc(OCC(C)C)cc2)c1. The molecule has 2 aromatic carbocycles. The molecule has 0 bridgehead atoms. The van der Waals surface area contributed by atoms with Gasteiger partial charge in [-0.15, -0.1) is 0 Å². The van der Waals surface area contributed by atoms with E-state index in [2.05, 4.69) is 19.2 Å². The fraction of sp³-hybridized carbons (Fsp3) is 0.318. The molecule has 1 N–H and O–H groups in total. The van der Waals surface area contributed by atoms with Crippen LogP contribution in [-0.2, 0) is 9.53 Å². The van der Waals surface area contributed by atoms with Gasteiger partial charge in [0.15, 0.2) is 11.9 Å². The molecule has 6 heteroatoms. The molecule has 6 nitrogen and oxygen atoms in total. The second kappa shape index (κ2) is 9.69. The Morgan fingerprint density at radius 3 is 2.25 bits per heavy atom. The van der Waals surface area contributed by atoms with Gasteiger partial charge in [0.2, 0.25) is 0 Å². The Labute approximate surface area is 164 Å². The van der Waals surface area contributed by atoms with Gasteiger partial charge in [-0.25, -0.2) is 4.79 Å². The van der Waals surface area contributed by atoms with Crippen molar-refractivity contribution in [1.82, 2.24) is 0 Å². The number of carbonyl (C=O) groups excluding carboxylic acids is 3. The highest BCUT2D eigenvalue weighted by Gasteiger charge is 2.19. The average Bonchev–Trinajstić information content (AvgIpc) is 2.66. The fourth-order valence-corrected chi connectivity index (χ4v) is 2.29. The van der Waals surface area contributed by atoms with Crippen molar-refractivity contribution in [3.63, 3.8) is 0 Å². The van der Waals surface area contributed by atoms with Crippen LogP contribution in [0.1, 0.15) is 48.4 Å². The van der Waals surface area contributed by atoms with Crippen molar-refractivity contribution >= 4 is 23.3 Å². The summed E-state index contributed by atoms with van der Waals surface area (Å²) in [6, 6.07) is 13.1. The Morgan fingerprint density at radius 2 is 1.64 bits per heavy atom. The van der Waals surface area contributed by atoms with Crippen LogP contribution in [0.3, 0.4) is 0 Å². The molecule has 1 atom stereocenters. The predicted octanol–water partition coefficient (Wildman–Crippen LogP) is 4.11. The van der Waals surface area contributed by atoms with Crippen LogP contribution in [0.5, 0.6) is 5.75 Å². The van der Waals surface area contributed by atoms with Gasteiger partial charge in [-0.3, -0.25) is 9.59 Å². The van der Waals surface area contributed by atoms with E-state index in [9.17, 15) is 14.4 Å². The van der Waals surface area contributed by atoms with Crippen molar-refractivity contribution < 1.29 is 23.9 Å². The smallest absolute Gasteiger partial charge is 0.338 e. The molecule has 0 fully saturated rings. The summed E-state index contributed by atoms with van der Waals surface area (Å²) in [5.41, 5.74) is 1.28. The predicted molar refractivity (Wildman–Crippen MR) is 107 cm³/mol. The highest BCUT2D eigenvalue weighted by atomic mass is 16.5. The standard InChI is InChI=1S/C22H25NO5/c1-14(2)13-27-20-10-8-17(9-11-20)22(26)28-16(4)21(25)23-19-7-5-6-18(12-19)15(3)24/h5-12,14,16H,13H2,1-4H3,(H,23,25)/t16-/m1/s1. The molecule has 0 saturated carbocycles. The number of amides is 1. The number of esters is 1. The van der Waals surface area contributed by atoms with Gasteiger partial charge in [0.05, 0.1) is 12.2 Å². The fourth-order valence-electron chi connectivity index (χ4n) is 2.29. The third-order valence-corrected chi connectivity index (χ3v) is 3.86. The normalized spacial score (nSPS) is 11.6. The van der Waals surface area contributed by atoms with Crippen LogP contribution in [0.15, 0.2) is 48.5 Å². The molecule has 2 rings (SSSR count). The van der Waals surface area contributed by atoms with Crippen LogP contribution in [0.25, 0.3) is 0 Å². The summed E-state index contributed by atoms with van der Waals surface area (Å²) in [6.45, 7) is 7.63. The molecule has 28 heavy (non-hydrogen) atoms. The largest absolute Gasteiger partial charge is 0.493 e. The number of hydrogen-bond donors (Lipinski definition) is 1. The van der Waals surface area contributed by atoms with Crippen LogP contribution < -0.4 is 10.1 Å². The summed E-state index contributed by atoms with van der Waals surface area (Å²) in [6.07, 6.45) is -0.995. The minimum absolute atomic E-state index is 0.101. The molecule has 2 aromatic rings. The summed E-state index contributed by atoms with van der Waals surface area (Å²) < 4.78 is 10.8. The maximum absolute atomic E-state index is 12.3. The monoisotopic (exact) mass is 383 g/mol. The maximum atomic E-state index is 12.3. The van der Waals surface area contributed by atoms with Crippen LogP contribution in [0.2, 0.25) is 0 Å². The minimum atomic E-state index is -0.995.